The van der Waals surface area contributed by atoms with Crippen molar-refractivity contribution in [2.75, 3.05) is 4.90 Å². The number of nitrogens with zero attached hydrogens (tertiary/aromatic N) is 2. The smallest absolute Gasteiger partial charge is 0.0563 e. The molecule has 3 heterocycles. The first kappa shape index (κ1) is 18.2. The molecule has 2 aliphatic heterocycles. The van der Waals surface area contributed by atoms with Gasteiger partial charge in [-0.15, -0.1) is 0 Å². The highest BCUT2D eigenvalue weighted by molar-refractivity contribution is 5.96. The molecule has 0 saturated heterocycles. The molecule has 2 nitrogen and oxygen atoms in total. The van der Waals surface area contributed by atoms with Gasteiger partial charge in [0.15, 0.2) is 0 Å². The van der Waals surface area contributed by atoms with E-state index >= 15 is 0 Å². The molecule has 4 aromatic carbocycles. The Labute approximate surface area is 204 Å². The Morgan fingerprint density at radius 3 is 2.00 bits per heavy atom. The fraction of sp³-hybridized carbons (Fsp3) is 0.121. The molecule has 164 valence electrons. The summed E-state index contributed by atoms with van der Waals surface area (Å²) in [6.45, 7) is 0. The molecule has 0 spiro atoms. The largest absolute Gasteiger partial charge is 0.309 e. The Kier molecular flexibility index (Phi) is 3.27. The van der Waals surface area contributed by atoms with Crippen LogP contribution in [0.1, 0.15) is 44.5 Å². The zero-order chi connectivity index (χ0) is 22.7. The van der Waals surface area contributed by atoms with Crippen molar-refractivity contribution in [2.24, 2.45) is 0 Å². The number of pyridine rings is 1. The third kappa shape index (κ3) is 2.27. The Balaban J connectivity index is 1.34. The Bertz CT molecular complexity index is 1760. The Hall–Kier alpha value is -4.17. The van der Waals surface area contributed by atoms with Crippen LogP contribution in [0.2, 0.25) is 0 Å². The van der Waals surface area contributed by atoms with Crippen LogP contribution in [-0.2, 0) is 25.7 Å². The molecule has 0 N–H and O–H groups in total. The molecular formula is C33H22N2. The van der Waals surface area contributed by atoms with E-state index < -0.39 is 0 Å². The minimum Gasteiger partial charge on any atom is -0.309 e. The van der Waals surface area contributed by atoms with Crippen molar-refractivity contribution in [1.29, 1.82) is 0 Å². The summed E-state index contributed by atoms with van der Waals surface area (Å²) in [7, 11) is 0. The quantitative estimate of drug-likeness (QED) is 0.240. The standard InChI is InChI=1S/C33H22N2/c1-4-8-27-19(5-1)11-22-13-23-14-25-18-34-17-24-12-21-9-10-28-26-7-3-2-6-20(26)15-30(28)33(21)35(32(24)25)31(23)16-29(22)27/h1-10,13,16-18H,11-12,14-15H2. The fourth-order valence-corrected chi connectivity index (χ4v) is 7.09. The fourth-order valence-electron chi connectivity index (χ4n) is 7.09. The van der Waals surface area contributed by atoms with E-state index in [1.165, 1.54) is 83.8 Å². The van der Waals surface area contributed by atoms with E-state index in [9.17, 15) is 0 Å². The molecule has 35 heavy (non-hydrogen) atoms. The molecule has 0 unspecified atom stereocenters. The van der Waals surface area contributed by atoms with E-state index in [2.05, 4.69) is 95.1 Å². The van der Waals surface area contributed by atoms with E-state index in [1.54, 1.807) is 0 Å². The summed E-state index contributed by atoms with van der Waals surface area (Å²) in [4.78, 5) is 7.27. The van der Waals surface area contributed by atoms with Crippen molar-refractivity contribution >= 4 is 17.1 Å². The predicted molar refractivity (Wildman–Crippen MR) is 141 cm³/mol. The monoisotopic (exact) mass is 446 g/mol. The molecule has 0 radical (unpaired) electrons. The summed E-state index contributed by atoms with van der Waals surface area (Å²) in [5, 5.41) is 0. The molecule has 2 heteroatoms. The molecule has 1 aromatic heterocycles. The normalized spacial score (nSPS) is 14.9. The second-order valence-electron chi connectivity index (χ2n) is 10.4. The van der Waals surface area contributed by atoms with E-state index in [-0.39, 0.29) is 0 Å². The van der Waals surface area contributed by atoms with Gasteiger partial charge in [-0.3, -0.25) is 4.98 Å². The zero-order valence-corrected chi connectivity index (χ0v) is 19.3. The zero-order valence-electron chi connectivity index (χ0n) is 19.3. The maximum atomic E-state index is 4.67. The summed E-state index contributed by atoms with van der Waals surface area (Å²) < 4.78 is 0. The second kappa shape index (κ2) is 6.28. The van der Waals surface area contributed by atoms with E-state index in [0.717, 1.165) is 25.7 Å². The van der Waals surface area contributed by atoms with E-state index in [0.29, 0.717) is 0 Å². The van der Waals surface area contributed by atoms with Crippen LogP contribution in [-0.4, -0.2) is 4.98 Å². The number of hydrogen-bond donors (Lipinski definition) is 0. The molecule has 0 fully saturated rings. The second-order valence-corrected chi connectivity index (χ2v) is 10.4. The average Bonchev–Trinajstić information content (AvgIpc) is 3.45. The first-order chi connectivity index (χ1) is 17.3. The van der Waals surface area contributed by atoms with Gasteiger partial charge in [0.2, 0.25) is 0 Å². The topological polar surface area (TPSA) is 16.1 Å². The summed E-state index contributed by atoms with van der Waals surface area (Å²) >= 11 is 0. The van der Waals surface area contributed by atoms with Crippen molar-refractivity contribution in [3.05, 3.63) is 130 Å². The van der Waals surface area contributed by atoms with Crippen LogP contribution in [0.3, 0.4) is 0 Å². The van der Waals surface area contributed by atoms with Gasteiger partial charge in [-0.2, -0.15) is 0 Å². The molecule has 0 saturated carbocycles. The van der Waals surface area contributed by atoms with Crippen LogP contribution in [0.15, 0.2) is 85.2 Å². The maximum absolute atomic E-state index is 4.67. The van der Waals surface area contributed by atoms with Crippen LogP contribution < -0.4 is 4.90 Å². The van der Waals surface area contributed by atoms with Crippen LogP contribution in [0.4, 0.5) is 17.1 Å². The number of hydrogen-bond acceptors (Lipinski definition) is 2. The summed E-state index contributed by atoms with van der Waals surface area (Å²) in [6, 6.07) is 27.5. The Morgan fingerprint density at radius 1 is 0.486 bits per heavy atom. The third-order valence-corrected chi connectivity index (χ3v) is 8.55. The van der Waals surface area contributed by atoms with Gasteiger partial charge in [-0.1, -0.05) is 66.7 Å². The van der Waals surface area contributed by atoms with Gasteiger partial charge in [0.1, 0.15) is 0 Å². The average molecular weight is 447 g/mol. The first-order valence-electron chi connectivity index (χ1n) is 12.6. The lowest BCUT2D eigenvalue weighted by Gasteiger charge is -2.40. The van der Waals surface area contributed by atoms with Crippen molar-refractivity contribution in [3.63, 3.8) is 0 Å². The lowest BCUT2D eigenvalue weighted by Crippen LogP contribution is -2.26. The predicted octanol–water partition coefficient (Wildman–Crippen LogP) is 7.50. The van der Waals surface area contributed by atoms with Crippen LogP contribution in [0.5, 0.6) is 0 Å². The Morgan fingerprint density at radius 2 is 1.17 bits per heavy atom. The number of anilines is 3. The lowest BCUT2D eigenvalue weighted by atomic mass is 9.84. The van der Waals surface area contributed by atoms with Crippen LogP contribution in [0.25, 0.3) is 22.3 Å². The molecule has 9 rings (SSSR count). The van der Waals surface area contributed by atoms with Crippen molar-refractivity contribution in [1.82, 2.24) is 4.98 Å². The van der Waals surface area contributed by atoms with Gasteiger partial charge in [0.05, 0.1) is 17.1 Å². The van der Waals surface area contributed by atoms with Crippen molar-refractivity contribution in [3.8, 4) is 22.3 Å². The number of rotatable bonds is 0. The van der Waals surface area contributed by atoms with Gasteiger partial charge in [-0.25, -0.2) is 0 Å². The molecular weight excluding hydrogens is 424 g/mol. The van der Waals surface area contributed by atoms with Gasteiger partial charge < -0.3 is 4.90 Å². The maximum Gasteiger partial charge on any atom is 0.0563 e. The third-order valence-electron chi connectivity index (χ3n) is 8.55. The highest BCUT2D eigenvalue weighted by Crippen LogP contribution is 2.55. The lowest BCUT2D eigenvalue weighted by molar-refractivity contribution is 0.975. The SMILES string of the molecule is c1ccc2c(c1)Cc1cc3c(cc1-2)N1c2c(cncc2Cc2ccc4c(c21)Cc1ccccc1-4)C3. The molecule has 5 aromatic rings. The first-order valence-corrected chi connectivity index (χ1v) is 12.6. The van der Waals surface area contributed by atoms with Gasteiger partial charge in [0, 0.05) is 31.7 Å². The highest BCUT2D eigenvalue weighted by Gasteiger charge is 2.36. The van der Waals surface area contributed by atoms with Gasteiger partial charge in [-0.05, 0) is 79.2 Å². The molecule has 0 bridgehead atoms. The number of benzene rings is 4. The highest BCUT2D eigenvalue weighted by atomic mass is 15.2. The van der Waals surface area contributed by atoms with Crippen LogP contribution in [0, 0.1) is 0 Å². The summed E-state index contributed by atoms with van der Waals surface area (Å²) in [6.07, 6.45) is 8.13. The number of aromatic nitrogens is 1. The summed E-state index contributed by atoms with van der Waals surface area (Å²) in [5.74, 6) is 0. The van der Waals surface area contributed by atoms with Gasteiger partial charge >= 0.3 is 0 Å². The van der Waals surface area contributed by atoms with Crippen molar-refractivity contribution in [2.45, 2.75) is 25.7 Å². The van der Waals surface area contributed by atoms with Crippen LogP contribution >= 0.6 is 0 Å². The summed E-state index contributed by atoms with van der Waals surface area (Å²) in [5.41, 5.74) is 21.1. The van der Waals surface area contributed by atoms with Crippen molar-refractivity contribution < 1.29 is 0 Å². The minimum atomic E-state index is 0.953. The molecule has 0 atom stereocenters. The molecule has 4 aliphatic rings. The number of fused-ring (bicyclic) bond motifs is 11. The van der Waals surface area contributed by atoms with E-state index in [1.807, 2.05) is 0 Å². The molecule has 2 aliphatic carbocycles. The minimum absolute atomic E-state index is 0.953. The van der Waals surface area contributed by atoms with E-state index in [4.69, 9.17) is 0 Å². The molecule has 0 amide bonds. The van der Waals surface area contributed by atoms with Gasteiger partial charge in [0.25, 0.3) is 0 Å².